The molecule has 0 spiro atoms. The Balaban J connectivity index is 1.98. The number of ether oxygens (including phenoxy) is 1. The van der Waals surface area contributed by atoms with Gasteiger partial charge in [-0.3, -0.25) is 14.6 Å². The first kappa shape index (κ1) is 16.8. The van der Waals surface area contributed by atoms with E-state index in [0.717, 1.165) is 16.3 Å². The largest absolute Gasteiger partial charge is 0.377 e. The number of hydrogen-bond donors (Lipinski definition) is 1. The molecule has 0 aliphatic carbocycles. The molecular weight excluding hydrogens is 316 g/mol. The number of rotatable bonds is 6. The van der Waals surface area contributed by atoms with E-state index in [1.807, 2.05) is 37.3 Å². The van der Waals surface area contributed by atoms with Crippen molar-refractivity contribution in [2.24, 2.45) is 0 Å². The van der Waals surface area contributed by atoms with Gasteiger partial charge in [-0.2, -0.15) is 0 Å². The predicted octanol–water partition coefficient (Wildman–Crippen LogP) is 3.84. The highest BCUT2D eigenvalue weighted by atomic mass is 16.5. The van der Waals surface area contributed by atoms with Crippen molar-refractivity contribution in [2.75, 3.05) is 11.9 Å². The van der Waals surface area contributed by atoms with Crippen molar-refractivity contribution < 1.29 is 14.3 Å². The first-order chi connectivity index (χ1) is 12.2. The molecule has 0 radical (unpaired) electrons. The minimum atomic E-state index is -0.282. The van der Waals surface area contributed by atoms with Gasteiger partial charge in [0.2, 0.25) is 0 Å². The van der Waals surface area contributed by atoms with E-state index in [1.165, 1.54) is 6.20 Å². The maximum atomic E-state index is 12.7. The highest BCUT2D eigenvalue weighted by Gasteiger charge is 2.14. The van der Waals surface area contributed by atoms with E-state index in [2.05, 4.69) is 10.3 Å². The van der Waals surface area contributed by atoms with Crippen LogP contribution in [0.5, 0.6) is 0 Å². The number of aldehydes is 1. The molecule has 0 unspecified atom stereocenters. The van der Waals surface area contributed by atoms with E-state index in [1.54, 1.807) is 18.2 Å². The summed E-state index contributed by atoms with van der Waals surface area (Å²) in [5, 5.41) is 4.59. The summed E-state index contributed by atoms with van der Waals surface area (Å²) >= 11 is 0. The van der Waals surface area contributed by atoms with Crippen molar-refractivity contribution in [3.63, 3.8) is 0 Å². The van der Waals surface area contributed by atoms with Crippen LogP contribution in [0.25, 0.3) is 10.8 Å². The lowest BCUT2D eigenvalue weighted by atomic mass is 9.99. The number of amides is 1. The van der Waals surface area contributed by atoms with Crippen molar-refractivity contribution >= 4 is 28.7 Å². The van der Waals surface area contributed by atoms with Gasteiger partial charge in [-0.25, -0.2) is 0 Å². The van der Waals surface area contributed by atoms with Crippen molar-refractivity contribution in [2.45, 2.75) is 13.5 Å². The summed E-state index contributed by atoms with van der Waals surface area (Å²) in [5.74, 6) is -0.282. The van der Waals surface area contributed by atoms with Crippen LogP contribution >= 0.6 is 0 Å². The minimum Gasteiger partial charge on any atom is -0.377 e. The fourth-order valence-electron chi connectivity index (χ4n) is 2.70. The Morgan fingerprint density at radius 1 is 1.12 bits per heavy atom. The van der Waals surface area contributed by atoms with E-state index in [0.29, 0.717) is 30.8 Å². The molecule has 1 heterocycles. The average Bonchev–Trinajstić information content (AvgIpc) is 2.66. The van der Waals surface area contributed by atoms with Crippen LogP contribution in [0.4, 0.5) is 5.69 Å². The molecule has 3 aromatic rings. The molecule has 126 valence electrons. The van der Waals surface area contributed by atoms with E-state index in [-0.39, 0.29) is 11.6 Å². The van der Waals surface area contributed by atoms with Crippen LogP contribution in [-0.2, 0) is 11.3 Å². The van der Waals surface area contributed by atoms with Gasteiger partial charge in [0.15, 0.2) is 6.29 Å². The topological polar surface area (TPSA) is 68.3 Å². The smallest absolute Gasteiger partial charge is 0.256 e. The SMILES string of the molecule is CCOCc1ccc(C(=O)Nc2cccnc2C=O)c2ccccc12. The third-order valence-electron chi connectivity index (χ3n) is 3.92. The Morgan fingerprint density at radius 3 is 2.68 bits per heavy atom. The molecule has 0 aliphatic rings. The van der Waals surface area contributed by atoms with Crippen LogP contribution in [0.3, 0.4) is 0 Å². The lowest BCUT2D eigenvalue weighted by Crippen LogP contribution is -2.14. The van der Waals surface area contributed by atoms with Crippen LogP contribution in [0.15, 0.2) is 54.7 Å². The second-order valence-corrected chi connectivity index (χ2v) is 5.46. The number of fused-ring (bicyclic) bond motifs is 1. The van der Waals surface area contributed by atoms with Gasteiger partial charge >= 0.3 is 0 Å². The summed E-state index contributed by atoms with van der Waals surface area (Å²) in [5.41, 5.74) is 2.17. The summed E-state index contributed by atoms with van der Waals surface area (Å²) in [7, 11) is 0. The monoisotopic (exact) mass is 334 g/mol. The first-order valence-electron chi connectivity index (χ1n) is 8.04. The van der Waals surface area contributed by atoms with Gasteiger partial charge < -0.3 is 10.1 Å². The van der Waals surface area contributed by atoms with Crippen molar-refractivity contribution in [1.29, 1.82) is 0 Å². The van der Waals surface area contributed by atoms with Crippen LogP contribution in [0, 0.1) is 0 Å². The van der Waals surface area contributed by atoms with Gasteiger partial charge in [-0.05, 0) is 41.5 Å². The van der Waals surface area contributed by atoms with Crippen LogP contribution in [0.1, 0.15) is 33.3 Å². The summed E-state index contributed by atoms with van der Waals surface area (Å²) in [4.78, 5) is 27.8. The Morgan fingerprint density at radius 2 is 1.92 bits per heavy atom. The summed E-state index contributed by atoms with van der Waals surface area (Å²) in [6.07, 6.45) is 2.14. The number of hydrogen-bond acceptors (Lipinski definition) is 4. The zero-order chi connectivity index (χ0) is 17.6. The third kappa shape index (κ3) is 3.56. The summed E-state index contributed by atoms with van der Waals surface area (Å²) in [6, 6.07) is 14.7. The zero-order valence-corrected chi connectivity index (χ0v) is 13.9. The molecule has 0 saturated heterocycles. The second-order valence-electron chi connectivity index (χ2n) is 5.46. The number of aromatic nitrogens is 1. The number of anilines is 1. The molecule has 1 aromatic heterocycles. The Labute approximate surface area is 145 Å². The average molecular weight is 334 g/mol. The molecular formula is C20H18N2O3. The molecule has 0 bridgehead atoms. The van der Waals surface area contributed by atoms with Gasteiger partial charge in [0.25, 0.3) is 5.91 Å². The number of nitrogens with zero attached hydrogens (tertiary/aromatic N) is 1. The van der Waals surface area contributed by atoms with E-state index in [9.17, 15) is 9.59 Å². The summed E-state index contributed by atoms with van der Waals surface area (Å²) in [6.45, 7) is 3.07. The summed E-state index contributed by atoms with van der Waals surface area (Å²) < 4.78 is 5.51. The number of benzene rings is 2. The van der Waals surface area contributed by atoms with Crippen LogP contribution < -0.4 is 5.32 Å². The second kappa shape index (κ2) is 7.68. The van der Waals surface area contributed by atoms with Gasteiger partial charge in [-0.1, -0.05) is 30.3 Å². The highest BCUT2D eigenvalue weighted by Crippen LogP contribution is 2.24. The molecule has 0 atom stereocenters. The van der Waals surface area contributed by atoms with E-state index < -0.39 is 0 Å². The quantitative estimate of drug-likeness (QED) is 0.696. The van der Waals surface area contributed by atoms with Crippen molar-refractivity contribution in [1.82, 2.24) is 4.98 Å². The van der Waals surface area contributed by atoms with E-state index in [4.69, 9.17) is 4.74 Å². The molecule has 0 aliphatic heterocycles. The molecule has 0 saturated carbocycles. The third-order valence-corrected chi connectivity index (χ3v) is 3.92. The van der Waals surface area contributed by atoms with Crippen molar-refractivity contribution in [3.8, 4) is 0 Å². The maximum absolute atomic E-state index is 12.7. The molecule has 5 nitrogen and oxygen atoms in total. The van der Waals surface area contributed by atoms with E-state index >= 15 is 0 Å². The number of carbonyl (C=O) groups is 2. The lowest BCUT2D eigenvalue weighted by molar-refractivity contribution is 0.102. The number of nitrogens with one attached hydrogen (secondary N) is 1. The minimum absolute atomic E-state index is 0.202. The zero-order valence-electron chi connectivity index (χ0n) is 13.9. The van der Waals surface area contributed by atoms with Gasteiger partial charge in [0.05, 0.1) is 12.3 Å². The molecule has 0 fully saturated rings. The molecule has 2 aromatic carbocycles. The fraction of sp³-hybridized carbons (Fsp3) is 0.150. The Kier molecular flexibility index (Phi) is 5.16. The van der Waals surface area contributed by atoms with Crippen molar-refractivity contribution in [3.05, 3.63) is 71.5 Å². The van der Waals surface area contributed by atoms with Crippen LogP contribution in [0.2, 0.25) is 0 Å². The predicted molar refractivity (Wildman–Crippen MR) is 96.9 cm³/mol. The normalized spacial score (nSPS) is 10.6. The number of pyridine rings is 1. The van der Waals surface area contributed by atoms with Crippen LogP contribution in [-0.4, -0.2) is 23.8 Å². The number of carbonyl (C=O) groups excluding carboxylic acids is 2. The molecule has 3 rings (SSSR count). The molecule has 1 N–H and O–H groups in total. The maximum Gasteiger partial charge on any atom is 0.256 e. The lowest BCUT2D eigenvalue weighted by Gasteiger charge is -2.12. The fourth-order valence-corrected chi connectivity index (χ4v) is 2.70. The Hall–Kier alpha value is -3.05. The first-order valence-corrected chi connectivity index (χ1v) is 8.04. The molecule has 25 heavy (non-hydrogen) atoms. The van der Waals surface area contributed by atoms with Gasteiger partial charge in [0, 0.05) is 18.4 Å². The van der Waals surface area contributed by atoms with Gasteiger partial charge in [-0.15, -0.1) is 0 Å². The standard InChI is InChI=1S/C20H18N2O3/c1-2-25-13-14-9-10-17(16-7-4-3-6-15(14)16)20(24)22-18-8-5-11-21-19(18)12-23/h3-12H,2,13H2,1H3,(H,22,24). The highest BCUT2D eigenvalue weighted by molar-refractivity contribution is 6.14. The van der Waals surface area contributed by atoms with Gasteiger partial charge in [0.1, 0.15) is 5.69 Å². The molecule has 1 amide bonds. The Bertz CT molecular complexity index is 922. The molecule has 5 heteroatoms.